The molecule has 1 N–H and O–H groups in total. The van der Waals surface area contributed by atoms with Crippen LogP contribution in [0, 0.1) is 0 Å². The van der Waals surface area contributed by atoms with E-state index in [2.05, 4.69) is 19.3 Å². The zero-order chi connectivity index (χ0) is 19.6. The van der Waals surface area contributed by atoms with Crippen LogP contribution in [-0.4, -0.2) is 56.8 Å². The van der Waals surface area contributed by atoms with Crippen molar-refractivity contribution >= 4 is 5.91 Å². The number of morpholine rings is 1. The second kappa shape index (κ2) is 18.9. The van der Waals surface area contributed by atoms with E-state index in [-0.39, 0.29) is 22.9 Å². The lowest BCUT2D eigenvalue weighted by Crippen LogP contribution is -3.00. The molecule has 4 nitrogen and oxygen atoms in total. The van der Waals surface area contributed by atoms with Crippen LogP contribution in [0.4, 0.5) is 0 Å². The number of nitrogens with zero attached hydrogens (tertiary/aromatic N) is 1. The lowest BCUT2D eigenvalue weighted by atomic mass is 10.0. The van der Waals surface area contributed by atoms with Crippen molar-refractivity contribution in [3.63, 3.8) is 0 Å². The molecule has 0 spiro atoms. The summed E-state index contributed by atoms with van der Waals surface area (Å²) in [5.41, 5.74) is 0. The van der Waals surface area contributed by atoms with Gasteiger partial charge in [0.25, 0.3) is 5.91 Å². The van der Waals surface area contributed by atoms with Crippen molar-refractivity contribution in [3.8, 4) is 0 Å². The summed E-state index contributed by atoms with van der Waals surface area (Å²) in [6.07, 6.45) is 19.2. The summed E-state index contributed by atoms with van der Waals surface area (Å²) >= 11 is 0. The van der Waals surface area contributed by atoms with Gasteiger partial charge in [0.05, 0.1) is 20.3 Å². The van der Waals surface area contributed by atoms with E-state index in [1.807, 2.05) is 0 Å². The lowest BCUT2D eigenvalue weighted by Gasteiger charge is -2.36. The molecule has 1 aliphatic rings. The standard InChI is InChI=1S/C23H46N2O2.BrH/c1-3-4-5-6-7-8-9-10-11-12-13-14-15-16-17-24-23(26)22-25(2)18-20-27-21-19-25;/h3-22H2,1-2H3;1H. The highest BCUT2D eigenvalue weighted by atomic mass is 79.9. The molecule has 1 aliphatic heterocycles. The predicted octanol–water partition coefficient (Wildman–Crippen LogP) is 2.06. The molecule has 0 unspecified atom stereocenters. The maximum atomic E-state index is 12.1. The summed E-state index contributed by atoms with van der Waals surface area (Å²) in [7, 11) is 2.16. The van der Waals surface area contributed by atoms with Crippen LogP contribution in [-0.2, 0) is 9.53 Å². The molecule has 0 radical (unpaired) electrons. The Bertz CT molecular complexity index is 361. The molecule has 168 valence electrons. The Morgan fingerprint density at radius 2 is 1.21 bits per heavy atom. The number of hydrogen-bond acceptors (Lipinski definition) is 2. The number of ether oxygens (including phenoxy) is 1. The zero-order valence-electron chi connectivity index (χ0n) is 18.8. The Morgan fingerprint density at radius 3 is 1.68 bits per heavy atom. The van der Waals surface area contributed by atoms with Crippen LogP contribution < -0.4 is 22.3 Å². The Labute approximate surface area is 185 Å². The van der Waals surface area contributed by atoms with Gasteiger partial charge in [-0.15, -0.1) is 0 Å². The van der Waals surface area contributed by atoms with Crippen molar-refractivity contribution in [1.82, 2.24) is 5.32 Å². The lowest BCUT2D eigenvalue weighted by molar-refractivity contribution is -0.909. The van der Waals surface area contributed by atoms with E-state index in [1.165, 1.54) is 83.5 Å². The van der Waals surface area contributed by atoms with Crippen molar-refractivity contribution < 1.29 is 31.0 Å². The second-order valence-corrected chi connectivity index (χ2v) is 8.78. The quantitative estimate of drug-likeness (QED) is 0.265. The summed E-state index contributed by atoms with van der Waals surface area (Å²) in [6, 6.07) is 0. The van der Waals surface area contributed by atoms with Crippen molar-refractivity contribution in [3.05, 3.63) is 0 Å². The SMILES string of the molecule is CCCCCCCCCCCCCCCCNC(=O)C[N+]1(C)CCOCC1.[Br-]. The van der Waals surface area contributed by atoms with Crippen molar-refractivity contribution in [1.29, 1.82) is 0 Å². The first kappa shape index (κ1) is 27.9. The Hall–Kier alpha value is -0.130. The smallest absolute Gasteiger partial charge is 0.275 e. The van der Waals surface area contributed by atoms with Gasteiger partial charge in [0.1, 0.15) is 13.1 Å². The molecule has 1 fully saturated rings. The number of hydrogen-bond donors (Lipinski definition) is 1. The van der Waals surface area contributed by atoms with Crippen LogP contribution in [0.3, 0.4) is 0 Å². The highest BCUT2D eigenvalue weighted by Crippen LogP contribution is 2.13. The summed E-state index contributed by atoms with van der Waals surface area (Å²) in [5, 5.41) is 3.10. The summed E-state index contributed by atoms with van der Waals surface area (Å²) < 4.78 is 6.21. The van der Waals surface area contributed by atoms with Crippen molar-refractivity contribution in [2.24, 2.45) is 0 Å². The number of carbonyl (C=O) groups is 1. The zero-order valence-corrected chi connectivity index (χ0v) is 20.4. The third-order valence-corrected chi connectivity index (χ3v) is 5.93. The largest absolute Gasteiger partial charge is 1.00 e. The van der Waals surface area contributed by atoms with Crippen LogP contribution in [0.25, 0.3) is 0 Å². The number of quaternary nitrogens is 1. The van der Waals surface area contributed by atoms with E-state index in [1.54, 1.807) is 0 Å². The highest BCUT2D eigenvalue weighted by Gasteiger charge is 2.27. The van der Waals surface area contributed by atoms with Gasteiger partial charge in [-0.3, -0.25) is 4.79 Å². The molecule has 0 saturated carbocycles. The third-order valence-electron chi connectivity index (χ3n) is 5.93. The summed E-state index contributed by atoms with van der Waals surface area (Å²) in [5.74, 6) is 0.203. The van der Waals surface area contributed by atoms with Gasteiger partial charge in [0.15, 0.2) is 6.54 Å². The minimum absolute atomic E-state index is 0. The minimum Gasteiger partial charge on any atom is -1.00 e. The maximum Gasteiger partial charge on any atom is 0.275 e. The van der Waals surface area contributed by atoms with Gasteiger partial charge >= 0.3 is 0 Å². The molecule has 5 heteroatoms. The van der Waals surface area contributed by atoms with E-state index in [0.717, 1.165) is 43.8 Å². The van der Waals surface area contributed by atoms with Crippen molar-refractivity contribution in [2.75, 3.05) is 46.4 Å². The molecule has 0 aliphatic carbocycles. The number of halogens is 1. The predicted molar refractivity (Wildman–Crippen MR) is 115 cm³/mol. The first-order valence-electron chi connectivity index (χ1n) is 11.8. The van der Waals surface area contributed by atoms with Crippen LogP contribution in [0.5, 0.6) is 0 Å². The summed E-state index contributed by atoms with van der Waals surface area (Å²) in [4.78, 5) is 12.1. The number of likely N-dealkylation sites (N-methyl/N-ethyl adjacent to an activating group) is 1. The Balaban J connectivity index is 0.00000729. The molecule has 1 amide bonds. The first-order valence-corrected chi connectivity index (χ1v) is 11.8. The number of carbonyl (C=O) groups excluding carboxylic acids is 1. The highest BCUT2D eigenvalue weighted by molar-refractivity contribution is 5.77. The monoisotopic (exact) mass is 462 g/mol. The van der Waals surface area contributed by atoms with E-state index in [4.69, 9.17) is 4.74 Å². The van der Waals surface area contributed by atoms with E-state index in [9.17, 15) is 4.79 Å². The average Bonchev–Trinajstić information content (AvgIpc) is 2.65. The fourth-order valence-electron chi connectivity index (χ4n) is 3.89. The molecule has 1 saturated heterocycles. The van der Waals surface area contributed by atoms with Crippen LogP contribution >= 0.6 is 0 Å². The molecule has 0 aromatic rings. The van der Waals surface area contributed by atoms with Gasteiger partial charge in [0, 0.05) is 6.54 Å². The molecule has 0 atom stereocenters. The van der Waals surface area contributed by atoms with Crippen LogP contribution in [0.1, 0.15) is 96.8 Å². The minimum atomic E-state index is 0. The fraction of sp³-hybridized carbons (Fsp3) is 0.957. The normalized spacial score (nSPS) is 15.8. The number of amides is 1. The van der Waals surface area contributed by atoms with Gasteiger partial charge < -0.3 is 31.5 Å². The number of unbranched alkanes of at least 4 members (excludes halogenated alkanes) is 13. The fourth-order valence-corrected chi connectivity index (χ4v) is 3.89. The van der Waals surface area contributed by atoms with Crippen molar-refractivity contribution in [2.45, 2.75) is 96.8 Å². The molecular weight excluding hydrogens is 416 g/mol. The van der Waals surface area contributed by atoms with E-state index >= 15 is 0 Å². The van der Waals surface area contributed by atoms with Gasteiger partial charge in [-0.25, -0.2) is 0 Å². The Kier molecular flexibility index (Phi) is 18.8. The first-order chi connectivity index (χ1) is 13.2. The van der Waals surface area contributed by atoms with Gasteiger partial charge in [0.2, 0.25) is 0 Å². The average molecular weight is 464 g/mol. The van der Waals surface area contributed by atoms with Gasteiger partial charge in [-0.1, -0.05) is 90.4 Å². The summed E-state index contributed by atoms with van der Waals surface area (Å²) in [6.45, 7) is 7.18. The van der Waals surface area contributed by atoms with Gasteiger partial charge in [-0.05, 0) is 6.42 Å². The molecular formula is C23H47BrN2O2. The molecule has 0 bridgehead atoms. The number of rotatable bonds is 17. The molecule has 0 aromatic heterocycles. The third kappa shape index (κ3) is 15.8. The topological polar surface area (TPSA) is 38.3 Å². The molecule has 1 rings (SSSR count). The molecule has 0 aromatic carbocycles. The van der Waals surface area contributed by atoms with Crippen LogP contribution in [0.2, 0.25) is 0 Å². The van der Waals surface area contributed by atoms with Gasteiger partial charge in [-0.2, -0.15) is 0 Å². The Morgan fingerprint density at radius 1 is 0.786 bits per heavy atom. The van der Waals surface area contributed by atoms with E-state index in [0.29, 0.717) is 6.54 Å². The maximum absolute atomic E-state index is 12.1. The molecule has 1 heterocycles. The number of nitrogens with one attached hydrogen (secondary N) is 1. The van der Waals surface area contributed by atoms with Crippen LogP contribution in [0.15, 0.2) is 0 Å². The molecule has 28 heavy (non-hydrogen) atoms. The van der Waals surface area contributed by atoms with E-state index < -0.39 is 0 Å². The second-order valence-electron chi connectivity index (χ2n) is 8.78.